The maximum absolute atomic E-state index is 6.23. The van der Waals surface area contributed by atoms with Crippen molar-refractivity contribution in [2.75, 3.05) is 33.4 Å². The number of hydrogen-bond acceptors (Lipinski definition) is 4. The van der Waals surface area contributed by atoms with Crippen LogP contribution in [-0.2, 0) is 24.2 Å². The Hall–Kier alpha value is -2.57. The minimum absolute atomic E-state index is 0.142. The highest BCUT2D eigenvalue weighted by Crippen LogP contribution is 2.24. The number of rotatable bonds is 7. The van der Waals surface area contributed by atoms with Crippen LogP contribution in [0.25, 0.3) is 0 Å². The van der Waals surface area contributed by atoms with Crippen molar-refractivity contribution in [2.24, 2.45) is 4.99 Å². The van der Waals surface area contributed by atoms with Gasteiger partial charge in [-0.2, -0.15) is 0 Å². The Morgan fingerprint density at radius 1 is 1.22 bits per heavy atom. The van der Waals surface area contributed by atoms with E-state index in [-0.39, 0.29) is 6.10 Å². The predicted molar refractivity (Wildman–Crippen MR) is 129 cm³/mol. The molecule has 2 heterocycles. The van der Waals surface area contributed by atoms with E-state index < -0.39 is 0 Å². The second kappa shape index (κ2) is 10.8. The van der Waals surface area contributed by atoms with Gasteiger partial charge >= 0.3 is 0 Å². The molecule has 2 aromatic carbocycles. The number of guanidine groups is 1. The van der Waals surface area contributed by atoms with E-state index in [2.05, 4.69) is 76.8 Å². The molecule has 0 bridgehead atoms. The van der Waals surface area contributed by atoms with E-state index in [1.54, 1.807) is 0 Å². The van der Waals surface area contributed by atoms with Crippen LogP contribution >= 0.6 is 0 Å². The SMILES string of the molecule is CN=C(NCc1ccc(C)cc1OC1CCOC1)NCC(C)N1CCc2ccccc2C1. The Bertz CT molecular complexity index is 924. The molecule has 0 aliphatic carbocycles. The van der Waals surface area contributed by atoms with E-state index in [4.69, 9.17) is 9.47 Å². The Labute approximate surface area is 192 Å². The Morgan fingerprint density at radius 3 is 2.84 bits per heavy atom. The first-order chi connectivity index (χ1) is 15.6. The van der Waals surface area contributed by atoms with Crippen molar-refractivity contribution in [1.29, 1.82) is 0 Å². The van der Waals surface area contributed by atoms with Crippen molar-refractivity contribution in [3.05, 3.63) is 64.7 Å². The summed E-state index contributed by atoms with van der Waals surface area (Å²) in [4.78, 5) is 6.96. The molecule has 4 rings (SSSR count). The van der Waals surface area contributed by atoms with Gasteiger partial charge in [0.2, 0.25) is 0 Å². The lowest BCUT2D eigenvalue weighted by atomic mass is 9.99. The van der Waals surface area contributed by atoms with Gasteiger partial charge in [0.15, 0.2) is 5.96 Å². The molecule has 0 spiro atoms. The molecule has 0 amide bonds. The number of aliphatic imine (C=N–C) groups is 1. The summed E-state index contributed by atoms with van der Waals surface area (Å²) in [5, 5.41) is 6.95. The van der Waals surface area contributed by atoms with Crippen LogP contribution in [0.2, 0.25) is 0 Å². The van der Waals surface area contributed by atoms with Crippen LogP contribution in [0.4, 0.5) is 0 Å². The molecule has 0 saturated carbocycles. The molecular formula is C26H36N4O2. The average molecular weight is 437 g/mol. The van der Waals surface area contributed by atoms with Crippen LogP contribution in [0.3, 0.4) is 0 Å². The Kier molecular flexibility index (Phi) is 7.66. The third-order valence-electron chi connectivity index (χ3n) is 6.42. The van der Waals surface area contributed by atoms with E-state index >= 15 is 0 Å². The largest absolute Gasteiger partial charge is 0.488 e. The van der Waals surface area contributed by atoms with Gasteiger partial charge < -0.3 is 20.1 Å². The number of benzene rings is 2. The van der Waals surface area contributed by atoms with Crippen LogP contribution in [-0.4, -0.2) is 56.4 Å². The number of nitrogens with zero attached hydrogens (tertiary/aromatic N) is 2. The molecule has 0 aromatic heterocycles. The van der Waals surface area contributed by atoms with E-state index in [0.717, 1.165) is 56.4 Å². The van der Waals surface area contributed by atoms with Crippen molar-refractivity contribution < 1.29 is 9.47 Å². The Balaban J connectivity index is 1.29. The van der Waals surface area contributed by atoms with E-state index in [1.807, 2.05) is 7.05 Å². The zero-order valence-electron chi connectivity index (χ0n) is 19.6. The number of ether oxygens (including phenoxy) is 2. The quantitative estimate of drug-likeness (QED) is 0.515. The molecule has 2 atom stereocenters. The maximum Gasteiger partial charge on any atom is 0.191 e. The first-order valence-corrected chi connectivity index (χ1v) is 11.7. The van der Waals surface area contributed by atoms with Crippen molar-refractivity contribution >= 4 is 5.96 Å². The van der Waals surface area contributed by atoms with Gasteiger partial charge in [-0.1, -0.05) is 36.4 Å². The molecule has 2 N–H and O–H groups in total. The highest BCUT2D eigenvalue weighted by molar-refractivity contribution is 5.79. The summed E-state index contributed by atoms with van der Waals surface area (Å²) >= 11 is 0. The van der Waals surface area contributed by atoms with Gasteiger partial charge in [0, 0.05) is 51.3 Å². The second-order valence-electron chi connectivity index (χ2n) is 8.86. The third kappa shape index (κ3) is 5.81. The van der Waals surface area contributed by atoms with Crippen LogP contribution in [0, 0.1) is 6.92 Å². The molecule has 2 aliphatic rings. The van der Waals surface area contributed by atoms with E-state index in [9.17, 15) is 0 Å². The highest BCUT2D eigenvalue weighted by atomic mass is 16.5. The van der Waals surface area contributed by atoms with Crippen LogP contribution in [0.5, 0.6) is 5.75 Å². The van der Waals surface area contributed by atoms with E-state index in [0.29, 0.717) is 19.2 Å². The van der Waals surface area contributed by atoms with Crippen LogP contribution in [0.1, 0.15) is 35.6 Å². The lowest BCUT2D eigenvalue weighted by molar-refractivity contribution is 0.140. The van der Waals surface area contributed by atoms with Crippen molar-refractivity contribution in [3.63, 3.8) is 0 Å². The summed E-state index contributed by atoms with van der Waals surface area (Å²) in [7, 11) is 1.82. The number of nitrogens with one attached hydrogen (secondary N) is 2. The monoisotopic (exact) mass is 436 g/mol. The lowest BCUT2D eigenvalue weighted by Gasteiger charge is -2.34. The zero-order chi connectivity index (χ0) is 22.3. The summed E-state index contributed by atoms with van der Waals surface area (Å²) < 4.78 is 11.7. The van der Waals surface area contributed by atoms with Gasteiger partial charge in [-0.15, -0.1) is 0 Å². The topological polar surface area (TPSA) is 58.1 Å². The first kappa shape index (κ1) is 22.6. The molecule has 172 valence electrons. The molecule has 6 nitrogen and oxygen atoms in total. The van der Waals surface area contributed by atoms with Gasteiger partial charge in [0.25, 0.3) is 0 Å². The van der Waals surface area contributed by atoms with Crippen LogP contribution < -0.4 is 15.4 Å². The molecule has 2 aliphatic heterocycles. The summed E-state index contributed by atoms with van der Waals surface area (Å²) in [5.41, 5.74) is 5.27. The fourth-order valence-corrected chi connectivity index (χ4v) is 4.37. The van der Waals surface area contributed by atoms with E-state index in [1.165, 1.54) is 16.7 Å². The van der Waals surface area contributed by atoms with Crippen LogP contribution in [0.15, 0.2) is 47.5 Å². The fraction of sp³-hybridized carbons (Fsp3) is 0.500. The summed E-state index contributed by atoms with van der Waals surface area (Å²) in [6, 6.07) is 15.6. The molecule has 2 aromatic rings. The molecular weight excluding hydrogens is 400 g/mol. The van der Waals surface area contributed by atoms with Gasteiger partial charge in [-0.05, 0) is 43.0 Å². The van der Waals surface area contributed by atoms with Gasteiger partial charge in [0.05, 0.1) is 13.2 Å². The smallest absolute Gasteiger partial charge is 0.191 e. The highest BCUT2D eigenvalue weighted by Gasteiger charge is 2.21. The van der Waals surface area contributed by atoms with Gasteiger partial charge in [-0.3, -0.25) is 9.89 Å². The van der Waals surface area contributed by atoms with Gasteiger partial charge in [0.1, 0.15) is 11.9 Å². The van der Waals surface area contributed by atoms with Gasteiger partial charge in [-0.25, -0.2) is 0 Å². The molecule has 6 heteroatoms. The van der Waals surface area contributed by atoms with Crippen molar-refractivity contribution in [3.8, 4) is 5.75 Å². The molecule has 1 fully saturated rings. The minimum Gasteiger partial charge on any atom is -0.488 e. The number of hydrogen-bond donors (Lipinski definition) is 2. The average Bonchev–Trinajstić information content (AvgIpc) is 3.33. The lowest BCUT2D eigenvalue weighted by Crippen LogP contribution is -2.47. The number of fused-ring (bicyclic) bond motifs is 1. The molecule has 0 radical (unpaired) electrons. The minimum atomic E-state index is 0.142. The summed E-state index contributed by atoms with van der Waals surface area (Å²) in [5.74, 6) is 1.74. The third-order valence-corrected chi connectivity index (χ3v) is 6.42. The predicted octanol–water partition coefficient (Wildman–Crippen LogP) is 3.27. The Morgan fingerprint density at radius 2 is 2.06 bits per heavy atom. The van der Waals surface area contributed by atoms with Crippen molar-refractivity contribution in [2.45, 2.75) is 51.9 Å². The standard InChI is InChI=1S/C26H36N4O2/c1-19-8-9-22(25(14-19)32-24-11-13-31-18-24)16-29-26(27-3)28-15-20(2)30-12-10-21-6-4-5-7-23(21)17-30/h4-9,14,20,24H,10-13,15-18H2,1-3H3,(H2,27,28,29). The summed E-state index contributed by atoms with van der Waals surface area (Å²) in [6.07, 6.45) is 2.21. The molecule has 1 saturated heterocycles. The molecule has 32 heavy (non-hydrogen) atoms. The fourth-order valence-electron chi connectivity index (χ4n) is 4.37. The zero-order valence-corrected chi connectivity index (χ0v) is 19.6. The first-order valence-electron chi connectivity index (χ1n) is 11.7. The second-order valence-corrected chi connectivity index (χ2v) is 8.86. The number of aryl methyl sites for hydroxylation is 1. The molecule has 2 unspecified atom stereocenters. The normalized spacial score (nSPS) is 20.0. The van der Waals surface area contributed by atoms with Crippen molar-refractivity contribution in [1.82, 2.24) is 15.5 Å². The maximum atomic E-state index is 6.23. The summed E-state index contributed by atoms with van der Waals surface area (Å²) in [6.45, 7) is 9.44.